The Morgan fingerprint density at radius 3 is 2.67 bits per heavy atom. The molecular formula is C24H30N2O. The Morgan fingerprint density at radius 2 is 1.81 bits per heavy atom. The lowest BCUT2D eigenvalue weighted by molar-refractivity contribution is -0.120. The molecule has 0 aromatic heterocycles. The number of rotatable bonds is 6. The van der Waals surface area contributed by atoms with E-state index >= 15 is 0 Å². The van der Waals surface area contributed by atoms with Crippen molar-refractivity contribution in [3.63, 3.8) is 0 Å². The molecule has 0 radical (unpaired) electrons. The van der Waals surface area contributed by atoms with Gasteiger partial charge in [0.1, 0.15) is 0 Å². The summed E-state index contributed by atoms with van der Waals surface area (Å²) in [6, 6.07) is 15.7. The maximum atomic E-state index is 12.5. The highest BCUT2D eigenvalue weighted by molar-refractivity contribution is 5.78. The Labute approximate surface area is 162 Å². The van der Waals surface area contributed by atoms with Gasteiger partial charge in [0.15, 0.2) is 0 Å². The van der Waals surface area contributed by atoms with E-state index in [1.54, 1.807) is 0 Å². The first-order valence-corrected chi connectivity index (χ1v) is 10.4. The van der Waals surface area contributed by atoms with Crippen molar-refractivity contribution >= 4 is 5.91 Å². The molecule has 0 spiro atoms. The van der Waals surface area contributed by atoms with Crippen molar-refractivity contribution in [2.75, 3.05) is 13.1 Å². The molecule has 142 valence electrons. The van der Waals surface area contributed by atoms with Gasteiger partial charge in [0.25, 0.3) is 0 Å². The van der Waals surface area contributed by atoms with Crippen LogP contribution in [0.1, 0.15) is 47.6 Å². The number of benzene rings is 2. The van der Waals surface area contributed by atoms with Gasteiger partial charge in [0, 0.05) is 25.7 Å². The number of amides is 1. The van der Waals surface area contributed by atoms with Crippen LogP contribution in [-0.4, -0.2) is 29.9 Å². The highest BCUT2D eigenvalue weighted by Gasteiger charge is 2.22. The van der Waals surface area contributed by atoms with Gasteiger partial charge in [-0.1, -0.05) is 49.4 Å². The molecule has 0 saturated heterocycles. The zero-order valence-electron chi connectivity index (χ0n) is 16.3. The van der Waals surface area contributed by atoms with Crippen LogP contribution >= 0.6 is 0 Å². The van der Waals surface area contributed by atoms with E-state index in [2.05, 4.69) is 59.6 Å². The molecule has 3 nitrogen and oxygen atoms in total. The summed E-state index contributed by atoms with van der Waals surface area (Å²) in [6.07, 6.45) is 6.27. The number of carbonyl (C=O) groups excluding carboxylic acids is 1. The van der Waals surface area contributed by atoms with Gasteiger partial charge in [-0.3, -0.25) is 9.69 Å². The highest BCUT2D eigenvalue weighted by atomic mass is 16.1. The average Bonchev–Trinajstić information content (AvgIpc) is 3.16. The second-order valence-electron chi connectivity index (χ2n) is 7.99. The Balaban J connectivity index is 1.31. The van der Waals surface area contributed by atoms with Crippen molar-refractivity contribution in [2.45, 2.75) is 58.0 Å². The van der Waals surface area contributed by atoms with Crippen molar-refractivity contribution < 1.29 is 4.79 Å². The van der Waals surface area contributed by atoms with E-state index in [4.69, 9.17) is 0 Å². The molecule has 1 unspecified atom stereocenters. The third kappa shape index (κ3) is 4.24. The summed E-state index contributed by atoms with van der Waals surface area (Å²) in [5, 5.41) is 3.19. The quantitative estimate of drug-likeness (QED) is 0.850. The number of hydrogen-bond acceptors (Lipinski definition) is 2. The van der Waals surface area contributed by atoms with Gasteiger partial charge in [0.05, 0.1) is 6.42 Å². The zero-order chi connectivity index (χ0) is 18.6. The summed E-state index contributed by atoms with van der Waals surface area (Å²) >= 11 is 0. The number of nitrogens with one attached hydrogen (secondary N) is 1. The van der Waals surface area contributed by atoms with E-state index in [0.717, 1.165) is 38.0 Å². The third-order valence-electron chi connectivity index (χ3n) is 6.21. The van der Waals surface area contributed by atoms with Gasteiger partial charge in [-0.2, -0.15) is 0 Å². The first-order valence-electron chi connectivity index (χ1n) is 10.4. The summed E-state index contributed by atoms with van der Waals surface area (Å²) in [4.78, 5) is 15.0. The monoisotopic (exact) mass is 362 g/mol. The molecule has 4 rings (SSSR count). The molecule has 1 heterocycles. The molecule has 2 aromatic carbocycles. The summed E-state index contributed by atoms with van der Waals surface area (Å²) in [5.41, 5.74) is 6.97. The van der Waals surface area contributed by atoms with Crippen LogP contribution in [0.3, 0.4) is 0 Å². The Hall–Kier alpha value is -2.13. The van der Waals surface area contributed by atoms with E-state index in [9.17, 15) is 4.79 Å². The topological polar surface area (TPSA) is 32.3 Å². The predicted octanol–water partition coefficient (Wildman–Crippen LogP) is 3.67. The Kier molecular flexibility index (Phi) is 5.58. The molecule has 27 heavy (non-hydrogen) atoms. The van der Waals surface area contributed by atoms with Crippen LogP contribution in [0.2, 0.25) is 0 Å². The van der Waals surface area contributed by atoms with E-state index in [-0.39, 0.29) is 5.91 Å². The predicted molar refractivity (Wildman–Crippen MR) is 110 cm³/mol. The van der Waals surface area contributed by atoms with Gasteiger partial charge in [0.2, 0.25) is 5.91 Å². The van der Waals surface area contributed by atoms with Crippen molar-refractivity contribution in [2.24, 2.45) is 0 Å². The molecule has 0 saturated carbocycles. The molecule has 1 aliphatic heterocycles. The van der Waals surface area contributed by atoms with Crippen molar-refractivity contribution in [1.82, 2.24) is 10.2 Å². The average molecular weight is 363 g/mol. The van der Waals surface area contributed by atoms with Crippen LogP contribution in [0, 0.1) is 0 Å². The maximum absolute atomic E-state index is 12.5. The van der Waals surface area contributed by atoms with Crippen molar-refractivity contribution in [3.05, 3.63) is 70.3 Å². The standard InChI is InChI=1S/C24H30N2O/c1-2-23(26-13-12-20-6-3-4-7-22(20)17-26)16-25-24(27)15-18-10-11-19-8-5-9-21(19)14-18/h3-4,6-7,10-11,14,23H,2,5,8-9,12-13,15-17H2,1H3,(H,25,27). The van der Waals surface area contributed by atoms with Gasteiger partial charge >= 0.3 is 0 Å². The van der Waals surface area contributed by atoms with Crippen LogP contribution in [0.25, 0.3) is 0 Å². The lowest BCUT2D eigenvalue weighted by atomic mass is 9.98. The molecule has 1 amide bonds. The van der Waals surface area contributed by atoms with E-state index in [1.807, 2.05) is 0 Å². The largest absolute Gasteiger partial charge is 0.354 e. The maximum Gasteiger partial charge on any atom is 0.224 e. The normalized spacial score (nSPS) is 17.2. The molecule has 1 N–H and O–H groups in total. The fourth-order valence-electron chi connectivity index (χ4n) is 4.58. The smallest absolute Gasteiger partial charge is 0.224 e. The minimum Gasteiger partial charge on any atom is -0.354 e. The van der Waals surface area contributed by atoms with E-state index in [0.29, 0.717) is 12.5 Å². The summed E-state index contributed by atoms with van der Waals surface area (Å²) < 4.78 is 0. The molecule has 1 aliphatic carbocycles. The first kappa shape index (κ1) is 18.2. The minimum absolute atomic E-state index is 0.142. The molecular weight excluding hydrogens is 332 g/mol. The molecule has 1 atom stereocenters. The summed E-state index contributed by atoms with van der Waals surface area (Å²) in [6.45, 7) is 5.03. The molecule has 3 heteroatoms. The van der Waals surface area contributed by atoms with Crippen LogP contribution in [0.4, 0.5) is 0 Å². The van der Waals surface area contributed by atoms with E-state index < -0.39 is 0 Å². The summed E-state index contributed by atoms with van der Waals surface area (Å²) in [5.74, 6) is 0.142. The number of carbonyl (C=O) groups is 1. The van der Waals surface area contributed by atoms with Gasteiger partial charge in [-0.15, -0.1) is 0 Å². The van der Waals surface area contributed by atoms with Gasteiger partial charge in [-0.05, 0) is 59.9 Å². The van der Waals surface area contributed by atoms with Crippen LogP contribution in [-0.2, 0) is 37.0 Å². The van der Waals surface area contributed by atoms with Crippen LogP contribution in [0.15, 0.2) is 42.5 Å². The highest BCUT2D eigenvalue weighted by Crippen LogP contribution is 2.23. The molecule has 2 aromatic rings. The summed E-state index contributed by atoms with van der Waals surface area (Å²) in [7, 11) is 0. The van der Waals surface area contributed by atoms with Crippen LogP contribution in [0.5, 0.6) is 0 Å². The number of aryl methyl sites for hydroxylation is 2. The lowest BCUT2D eigenvalue weighted by Gasteiger charge is -2.35. The first-order chi connectivity index (χ1) is 13.2. The Morgan fingerprint density at radius 1 is 1.04 bits per heavy atom. The fraction of sp³-hybridized carbons (Fsp3) is 0.458. The number of fused-ring (bicyclic) bond motifs is 2. The van der Waals surface area contributed by atoms with Gasteiger partial charge in [-0.25, -0.2) is 0 Å². The van der Waals surface area contributed by atoms with Gasteiger partial charge < -0.3 is 5.32 Å². The van der Waals surface area contributed by atoms with Crippen molar-refractivity contribution in [3.8, 4) is 0 Å². The minimum atomic E-state index is 0.142. The SMILES string of the molecule is CCC(CNC(=O)Cc1ccc2c(c1)CCC2)N1CCc2ccccc2C1. The Bertz CT molecular complexity index is 814. The van der Waals surface area contributed by atoms with Crippen molar-refractivity contribution in [1.29, 1.82) is 0 Å². The molecule has 0 bridgehead atoms. The molecule has 2 aliphatic rings. The number of hydrogen-bond donors (Lipinski definition) is 1. The lowest BCUT2D eigenvalue weighted by Crippen LogP contribution is -2.46. The second-order valence-corrected chi connectivity index (χ2v) is 7.99. The third-order valence-corrected chi connectivity index (χ3v) is 6.21. The van der Waals surface area contributed by atoms with E-state index in [1.165, 1.54) is 41.5 Å². The second kappa shape index (κ2) is 8.26. The fourth-order valence-corrected chi connectivity index (χ4v) is 4.58. The number of nitrogens with zero attached hydrogens (tertiary/aromatic N) is 1. The molecule has 0 fully saturated rings. The zero-order valence-corrected chi connectivity index (χ0v) is 16.3. The van der Waals surface area contributed by atoms with Crippen LogP contribution < -0.4 is 5.32 Å².